The third-order valence-corrected chi connectivity index (χ3v) is 7.56. The minimum atomic E-state index is -1.10. The number of rotatable bonds is 7. The maximum Gasteiger partial charge on any atom is 0.335 e. The molecule has 0 saturated heterocycles. The second-order valence-electron chi connectivity index (χ2n) is 10.2. The van der Waals surface area contributed by atoms with Crippen LogP contribution in [-0.2, 0) is 11.5 Å². The molecule has 0 spiro atoms. The number of carboxylic acid groups (broad SMARTS) is 1. The molecule has 14 nitrogen and oxygen atoms in total. The standard InChI is InChI=1S/C31H24N6O8/c1-15-21(27(38)32-25-23(15)29(40)36(34-25)19-10-6-17(7-11-19)14-45-44)4-3-5-22-16(2)24-26(33-28(22)39)35-37(30(24)41)20-12-8-18(9-13-20)31(42)43/h4-13,44H,14H2,1-2H3,(H,42,43)(H2,32,34,38)(H2,33,35,39). The summed E-state index contributed by atoms with van der Waals surface area (Å²) in [5, 5.41) is 24.0. The van der Waals surface area contributed by atoms with Gasteiger partial charge < -0.3 is 15.1 Å². The first-order chi connectivity index (χ1) is 21.6. The molecule has 0 aliphatic heterocycles. The zero-order valence-corrected chi connectivity index (χ0v) is 23.7. The van der Waals surface area contributed by atoms with Crippen LogP contribution in [0.5, 0.6) is 0 Å². The lowest BCUT2D eigenvalue weighted by molar-refractivity contribution is -0.253. The Bertz CT molecular complexity index is 2450. The highest BCUT2D eigenvalue weighted by molar-refractivity contribution is 5.88. The lowest BCUT2D eigenvalue weighted by Gasteiger charge is -2.02. The van der Waals surface area contributed by atoms with Crippen molar-refractivity contribution in [3.8, 4) is 11.4 Å². The van der Waals surface area contributed by atoms with Crippen LogP contribution in [0.25, 0.3) is 45.6 Å². The average molecular weight is 609 g/mol. The summed E-state index contributed by atoms with van der Waals surface area (Å²) in [5.74, 6) is -1.10. The van der Waals surface area contributed by atoms with E-state index in [2.05, 4.69) is 30.8 Å². The summed E-state index contributed by atoms with van der Waals surface area (Å²) >= 11 is 0. The normalized spacial score (nSPS) is 11.2. The summed E-state index contributed by atoms with van der Waals surface area (Å²) in [5.41, 5.74) is 4.07. The molecule has 0 bridgehead atoms. The van der Waals surface area contributed by atoms with E-state index in [1.807, 2.05) is 0 Å². The van der Waals surface area contributed by atoms with E-state index in [-0.39, 0.29) is 45.4 Å². The maximum absolute atomic E-state index is 13.3. The number of aromatic carboxylic acids is 1. The Kier molecular flexibility index (Phi) is 7.15. The van der Waals surface area contributed by atoms with Crippen molar-refractivity contribution >= 4 is 40.2 Å². The summed E-state index contributed by atoms with van der Waals surface area (Å²) in [6.07, 6.45) is 2.71. The first-order valence-corrected chi connectivity index (χ1v) is 13.5. The van der Waals surface area contributed by atoms with Gasteiger partial charge in [-0.3, -0.25) is 34.6 Å². The van der Waals surface area contributed by atoms with Gasteiger partial charge in [-0.25, -0.2) is 19.0 Å². The molecule has 4 aromatic heterocycles. The lowest BCUT2D eigenvalue weighted by atomic mass is 10.1. The number of fused-ring (bicyclic) bond motifs is 2. The molecule has 0 fully saturated rings. The molecule has 0 aliphatic carbocycles. The Hall–Kier alpha value is -6.21. The van der Waals surface area contributed by atoms with Crippen LogP contribution in [0, 0.1) is 13.8 Å². The number of carbonyl (C=O) groups is 1. The van der Waals surface area contributed by atoms with Gasteiger partial charge in [-0.1, -0.05) is 12.1 Å². The maximum atomic E-state index is 13.3. The highest BCUT2D eigenvalue weighted by atomic mass is 17.1. The first-order valence-electron chi connectivity index (χ1n) is 13.5. The van der Waals surface area contributed by atoms with Crippen LogP contribution in [0.1, 0.15) is 38.2 Å². The number of aromatic nitrogens is 6. The average Bonchev–Trinajstić information content (AvgIpc) is 3.52. The Labute approximate surface area is 250 Å². The molecule has 0 aliphatic rings. The molecule has 6 N–H and O–H groups in total. The summed E-state index contributed by atoms with van der Waals surface area (Å²) in [7, 11) is 0. The van der Waals surface area contributed by atoms with E-state index in [9.17, 15) is 24.0 Å². The van der Waals surface area contributed by atoms with Gasteiger partial charge in [0.2, 0.25) is 0 Å². The van der Waals surface area contributed by atoms with E-state index in [0.717, 1.165) is 0 Å². The molecule has 4 heterocycles. The fourth-order valence-electron chi connectivity index (χ4n) is 5.21. The number of hydrogen-bond acceptors (Lipinski definition) is 7. The SMILES string of the molecule is Cc1c(C=C=Cc2c(C)c3c(=O)n(-c4ccc(C(=O)O)cc4)[nH]c3[nH]c2=O)c(=O)[nH]c2[nH]n(-c3ccc(COO)cc3)c(=O)c12. The second-order valence-corrected chi connectivity index (χ2v) is 10.2. The molecular formula is C31H24N6O8. The molecular weight excluding hydrogens is 584 g/mol. The Morgan fingerprint density at radius 3 is 1.64 bits per heavy atom. The molecule has 0 radical (unpaired) electrons. The molecule has 14 heteroatoms. The molecule has 0 atom stereocenters. The van der Waals surface area contributed by atoms with Crippen molar-refractivity contribution < 1.29 is 20.0 Å². The molecule has 0 unspecified atom stereocenters. The van der Waals surface area contributed by atoms with Crippen LogP contribution >= 0.6 is 0 Å². The Morgan fingerprint density at radius 1 is 0.778 bits per heavy atom. The van der Waals surface area contributed by atoms with E-state index >= 15 is 0 Å². The third-order valence-electron chi connectivity index (χ3n) is 7.56. The number of carboxylic acids is 1. The quantitative estimate of drug-likeness (QED) is 0.0900. The highest BCUT2D eigenvalue weighted by Crippen LogP contribution is 2.18. The second kappa shape index (κ2) is 11.1. The minimum Gasteiger partial charge on any atom is -0.478 e. The van der Waals surface area contributed by atoms with Crippen molar-refractivity contribution in [3.63, 3.8) is 0 Å². The predicted octanol–water partition coefficient (Wildman–Crippen LogP) is 2.96. The zero-order chi connectivity index (χ0) is 32.0. The van der Waals surface area contributed by atoms with Gasteiger partial charge in [0.25, 0.3) is 22.2 Å². The Balaban J connectivity index is 1.39. The van der Waals surface area contributed by atoms with Crippen LogP contribution in [0.3, 0.4) is 0 Å². The molecule has 2 aromatic carbocycles. The molecule has 0 amide bonds. The van der Waals surface area contributed by atoms with Crippen LogP contribution < -0.4 is 22.2 Å². The van der Waals surface area contributed by atoms with Crippen LogP contribution in [0.2, 0.25) is 0 Å². The van der Waals surface area contributed by atoms with E-state index < -0.39 is 28.2 Å². The van der Waals surface area contributed by atoms with Gasteiger partial charge in [0.05, 0.1) is 38.8 Å². The number of benzene rings is 2. The summed E-state index contributed by atoms with van der Waals surface area (Å²) in [6.45, 7) is 3.22. The van der Waals surface area contributed by atoms with Crippen molar-refractivity contribution in [3.05, 3.63) is 129 Å². The van der Waals surface area contributed by atoms with Crippen molar-refractivity contribution in [1.82, 2.24) is 29.5 Å². The lowest BCUT2D eigenvalue weighted by Crippen LogP contribution is -2.16. The topological polar surface area (TPSA) is 208 Å². The molecule has 0 saturated carbocycles. The third kappa shape index (κ3) is 4.96. The van der Waals surface area contributed by atoms with Crippen molar-refractivity contribution in [1.29, 1.82) is 0 Å². The van der Waals surface area contributed by atoms with Gasteiger partial charge in [-0.15, -0.1) is 5.73 Å². The number of nitrogens with one attached hydrogen (secondary N) is 4. The number of aryl methyl sites for hydroxylation is 2. The number of hydrogen-bond donors (Lipinski definition) is 6. The van der Waals surface area contributed by atoms with Gasteiger partial charge in [0.15, 0.2) is 0 Å². The summed E-state index contributed by atoms with van der Waals surface area (Å²) in [6, 6.07) is 12.3. The summed E-state index contributed by atoms with van der Waals surface area (Å²) in [4.78, 5) is 73.1. The van der Waals surface area contributed by atoms with Crippen molar-refractivity contribution in [2.75, 3.05) is 0 Å². The zero-order valence-electron chi connectivity index (χ0n) is 23.7. The molecule has 6 aromatic rings. The first kappa shape index (κ1) is 28.9. The number of aromatic amines is 4. The number of H-pyrrole nitrogens is 4. The van der Waals surface area contributed by atoms with E-state index in [1.165, 1.54) is 45.8 Å². The molecule has 226 valence electrons. The van der Waals surface area contributed by atoms with Crippen molar-refractivity contribution in [2.45, 2.75) is 20.5 Å². The van der Waals surface area contributed by atoms with Gasteiger partial charge >= 0.3 is 5.97 Å². The van der Waals surface area contributed by atoms with Crippen molar-refractivity contribution in [2.24, 2.45) is 0 Å². The smallest absolute Gasteiger partial charge is 0.335 e. The van der Waals surface area contributed by atoms with E-state index in [4.69, 9.17) is 10.4 Å². The van der Waals surface area contributed by atoms with Crippen LogP contribution in [0.4, 0.5) is 0 Å². The minimum absolute atomic E-state index is 0.00935. The monoisotopic (exact) mass is 608 g/mol. The van der Waals surface area contributed by atoms with Gasteiger partial charge in [0, 0.05) is 0 Å². The molecule has 45 heavy (non-hydrogen) atoms. The Morgan fingerprint density at radius 2 is 1.22 bits per heavy atom. The molecule has 6 rings (SSSR count). The van der Waals surface area contributed by atoms with E-state index in [0.29, 0.717) is 28.1 Å². The van der Waals surface area contributed by atoms with Gasteiger partial charge in [-0.2, -0.15) is 0 Å². The fourth-order valence-corrected chi connectivity index (χ4v) is 5.21. The number of pyridine rings is 2. The van der Waals surface area contributed by atoms with Crippen LogP contribution in [0.15, 0.2) is 73.4 Å². The highest BCUT2D eigenvalue weighted by Gasteiger charge is 2.17. The van der Waals surface area contributed by atoms with Gasteiger partial charge in [-0.05, 0) is 79.1 Å². The number of nitrogens with zero attached hydrogens (tertiary/aromatic N) is 2. The largest absolute Gasteiger partial charge is 0.478 e. The van der Waals surface area contributed by atoms with Crippen LogP contribution in [-0.4, -0.2) is 45.9 Å². The van der Waals surface area contributed by atoms with Gasteiger partial charge in [0.1, 0.15) is 17.9 Å². The predicted molar refractivity (Wildman–Crippen MR) is 165 cm³/mol. The fraction of sp³-hybridized carbons (Fsp3) is 0.0968. The summed E-state index contributed by atoms with van der Waals surface area (Å²) < 4.78 is 2.48. The van der Waals surface area contributed by atoms with E-state index in [1.54, 1.807) is 38.1 Å².